The Bertz CT molecular complexity index is 794. The number of piperidine rings is 1. The highest BCUT2D eigenvalue weighted by Gasteiger charge is 2.22. The fourth-order valence-electron chi connectivity index (χ4n) is 3.50. The van der Waals surface area contributed by atoms with Gasteiger partial charge in [-0.1, -0.05) is 48.5 Å². The summed E-state index contributed by atoms with van der Waals surface area (Å²) >= 11 is 0. The molecule has 1 fully saturated rings. The van der Waals surface area contributed by atoms with E-state index in [-0.39, 0.29) is 42.5 Å². The van der Waals surface area contributed by atoms with Crippen molar-refractivity contribution in [3.05, 3.63) is 66.2 Å². The second-order valence-corrected chi connectivity index (χ2v) is 7.37. The lowest BCUT2D eigenvalue weighted by molar-refractivity contribution is -0.119. The van der Waals surface area contributed by atoms with Crippen molar-refractivity contribution in [2.75, 3.05) is 32.7 Å². The Labute approximate surface area is 202 Å². The van der Waals surface area contributed by atoms with Gasteiger partial charge in [0.25, 0.3) is 0 Å². The van der Waals surface area contributed by atoms with Gasteiger partial charge in [-0.15, -0.1) is 24.0 Å². The second kappa shape index (κ2) is 13.9. The number of carbonyl (C=O) groups is 1. The molecular weight excluding hydrogens is 503 g/mol. The maximum absolute atomic E-state index is 12.2. The number of benzene rings is 2. The van der Waals surface area contributed by atoms with Crippen molar-refractivity contribution in [3.8, 4) is 5.75 Å². The Morgan fingerprint density at radius 1 is 1.03 bits per heavy atom. The van der Waals surface area contributed by atoms with Gasteiger partial charge in [-0.25, -0.2) is 4.99 Å². The van der Waals surface area contributed by atoms with Crippen molar-refractivity contribution in [2.24, 2.45) is 4.99 Å². The number of aliphatic imine (C=N–C) groups is 1. The van der Waals surface area contributed by atoms with Crippen molar-refractivity contribution in [1.29, 1.82) is 0 Å². The third-order valence-electron chi connectivity index (χ3n) is 5.07. The van der Waals surface area contributed by atoms with Crippen LogP contribution in [0.2, 0.25) is 0 Å². The molecular formula is C24H33IN4O2. The molecule has 1 amide bonds. The van der Waals surface area contributed by atoms with E-state index >= 15 is 0 Å². The number of ether oxygens (including phenoxy) is 1. The van der Waals surface area contributed by atoms with E-state index in [0.29, 0.717) is 6.54 Å². The van der Waals surface area contributed by atoms with Crippen molar-refractivity contribution in [1.82, 2.24) is 15.5 Å². The molecule has 0 radical (unpaired) electrons. The van der Waals surface area contributed by atoms with Gasteiger partial charge in [-0.3, -0.25) is 4.79 Å². The average Bonchev–Trinajstić information content (AvgIpc) is 2.79. The molecule has 1 aliphatic rings. The van der Waals surface area contributed by atoms with Gasteiger partial charge in [0.1, 0.15) is 18.4 Å². The number of carbonyl (C=O) groups excluding carboxylic acids is 1. The number of likely N-dealkylation sites (tertiary alicyclic amines) is 1. The van der Waals surface area contributed by atoms with Crippen LogP contribution < -0.4 is 15.4 Å². The molecule has 2 N–H and O–H groups in total. The fraction of sp³-hybridized carbons (Fsp3) is 0.417. The summed E-state index contributed by atoms with van der Waals surface area (Å²) < 4.78 is 6.07. The minimum Gasteiger partial charge on any atom is -0.490 e. The van der Waals surface area contributed by atoms with Crippen LogP contribution in [0.5, 0.6) is 5.75 Å². The number of amides is 1. The van der Waals surface area contributed by atoms with Gasteiger partial charge in [-0.2, -0.15) is 0 Å². The van der Waals surface area contributed by atoms with E-state index in [0.717, 1.165) is 50.6 Å². The van der Waals surface area contributed by atoms with E-state index in [1.165, 1.54) is 5.56 Å². The molecule has 31 heavy (non-hydrogen) atoms. The summed E-state index contributed by atoms with van der Waals surface area (Å²) in [6.07, 6.45) is 2.91. The third-order valence-corrected chi connectivity index (χ3v) is 5.07. The summed E-state index contributed by atoms with van der Waals surface area (Å²) in [7, 11) is 0. The first kappa shape index (κ1) is 25.0. The zero-order chi connectivity index (χ0) is 21.0. The Balaban J connectivity index is 0.00000341. The molecule has 168 valence electrons. The lowest BCUT2D eigenvalue weighted by atomic mass is 10.1. The highest BCUT2D eigenvalue weighted by atomic mass is 127. The van der Waals surface area contributed by atoms with Crippen LogP contribution in [0.25, 0.3) is 0 Å². The smallest absolute Gasteiger partial charge is 0.241 e. The van der Waals surface area contributed by atoms with Crippen LogP contribution in [-0.2, 0) is 11.2 Å². The molecule has 3 rings (SSSR count). The monoisotopic (exact) mass is 536 g/mol. The molecule has 2 aromatic carbocycles. The zero-order valence-corrected chi connectivity index (χ0v) is 20.5. The lowest BCUT2D eigenvalue weighted by Crippen LogP contribution is -2.48. The standard InChI is InChI=1S/C24H32N4O2.HI/c1-2-25-24(27-19-23(29)26-16-13-20-9-5-3-6-10-20)28-17-14-22(15-18-28)30-21-11-7-4-8-12-21;/h3-12,22H,2,13-19H2,1H3,(H,25,27)(H,26,29);1H. The lowest BCUT2D eigenvalue weighted by Gasteiger charge is -2.34. The number of hydrogen-bond donors (Lipinski definition) is 2. The molecule has 0 unspecified atom stereocenters. The third kappa shape index (κ3) is 8.77. The van der Waals surface area contributed by atoms with E-state index in [1.54, 1.807) is 0 Å². The molecule has 2 aromatic rings. The molecule has 1 saturated heterocycles. The maximum Gasteiger partial charge on any atom is 0.241 e. The topological polar surface area (TPSA) is 66.0 Å². The van der Waals surface area contributed by atoms with Crippen LogP contribution in [0.3, 0.4) is 0 Å². The van der Waals surface area contributed by atoms with Crippen LogP contribution in [0.4, 0.5) is 0 Å². The number of nitrogens with one attached hydrogen (secondary N) is 2. The van der Waals surface area contributed by atoms with E-state index in [1.807, 2.05) is 55.5 Å². The van der Waals surface area contributed by atoms with Gasteiger partial charge in [-0.05, 0) is 31.0 Å². The quantitative estimate of drug-likeness (QED) is 0.308. The van der Waals surface area contributed by atoms with Crippen molar-refractivity contribution in [2.45, 2.75) is 32.3 Å². The van der Waals surface area contributed by atoms with E-state index in [9.17, 15) is 4.79 Å². The minimum absolute atomic E-state index is 0. The predicted molar refractivity (Wildman–Crippen MR) is 136 cm³/mol. The van der Waals surface area contributed by atoms with Crippen LogP contribution in [0.1, 0.15) is 25.3 Å². The molecule has 1 aliphatic heterocycles. The highest BCUT2D eigenvalue weighted by Crippen LogP contribution is 2.18. The van der Waals surface area contributed by atoms with Crippen LogP contribution in [0.15, 0.2) is 65.7 Å². The highest BCUT2D eigenvalue weighted by molar-refractivity contribution is 14.0. The summed E-state index contributed by atoms with van der Waals surface area (Å²) in [6.45, 7) is 5.29. The molecule has 0 spiro atoms. The van der Waals surface area contributed by atoms with Gasteiger partial charge >= 0.3 is 0 Å². The SMILES string of the molecule is CCNC(=NCC(=O)NCCc1ccccc1)N1CCC(Oc2ccccc2)CC1.I. The largest absolute Gasteiger partial charge is 0.490 e. The maximum atomic E-state index is 12.2. The second-order valence-electron chi connectivity index (χ2n) is 7.37. The molecule has 0 aliphatic carbocycles. The first-order valence-corrected chi connectivity index (χ1v) is 10.8. The summed E-state index contributed by atoms with van der Waals surface area (Å²) in [5.41, 5.74) is 1.22. The van der Waals surface area contributed by atoms with Gasteiger partial charge in [0, 0.05) is 39.0 Å². The van der Waals surface area contributed by atoms with Gasteiger partial charge in [0.05, 0.1) is 0 Å². The molecule has 6 nitrogen and oxygen atoms in total. The molecule has 0 atom stereocenters. The summed E-state index contributed by atoms with van der Waals surface area (Å²) in [5.74, 6) is 1.67. The van der Waals surface area contributed by atoms with Gasteiger partial charge in [0.2, 0.25) is 5.91 Å². The molecule has 0 bridgehead atoms. The van der Waals surface area contributed by atoms with Crippen LogP contribution in [-0.4, -0.2) is 55.6 Å². The normalized spacial score (nSPS) is 14.5. The number of hydrogen-bond acceptors (Lipinski definition) is 3. The Morgan fingerprint density at radius 3 is 2.32 bits per heavy atom. The van der Waals surface area contributed by atoms with Crippen LogP contribution in [0, 0.1) is 0 Å². The molecule has 7 heteroatoms. The minimum atomic E-state index is -0.0522. The van der Waals surface area contributed by atoms with Crippen molar-refractivity contribution in [3.63, 3.8) is 0 Å². The van der Waals surface area contributed by atoms with E-state index < -0.39 is 0 Å². The first-order valence-electron chi connectivity index (χ1n) is 10.8. The van der Waals surface area contributed by atoms with Crippen LogP contribution >= 0.6 is 24.0 Å². The van der Waals surface area contributed by atoms with E-state index in [4.69, 9.17) is 4.74 Å². The molecule has 1 heterocycles. The fourth-order valence-corrected chi connectivity index (χ4v) is 3.50. The Kier molecular flexibility index (Phi) is 11.2. The van der Waals surface area contributed by atoms with Gasteiger partial charge in [0.15, 0.2) is 5.96 Å². The van der Waals surface area contributed by atoms with E-state index in [2.05, 4.69) is 32.7 Å². The number of halogens is 1. The first-order chi connectivity index (χ1) is 14.7. The number of rotatable bonds is 8. The van der Waals surface area contributed by atoms with Crippen molar-refractivity contribution >= 4 is 35.8 Å². The number of para-hydroxylation sites is 1. The Morgan fingerprint density at radius 2 is 1.68 bits per heavy atom. The summed E-state index contributed by atoms with van der Waals surface area (Å²) in [6, 6.07) is 20.1. The predicted octanol–water partition coefficient (Wildman–Crippen LogP) is 3.47. The number of nitrogens with zero attached hydrogens (tertiary/aromatic N) is 2. The summed E-state index contributed by atoms with van der Waals surface area (Å²) in [4.78, 5) is 19.0. The average molecular weight is 536 g/mol. The zero-order valence-electron chi connectivity index (χ0n) is 18.1. The van der Waals surface area contributed by atoms with Crippen molar-refractivity contribution < 1.29 is 9.53 Å². The molecule has 0 saturated carbocycles. The van der Waals surface area contributed by atoms with Gasteiger partial charge < -0.3 is 20.3 Å². The summed E-state index contributed by atoms with van der Waals surface area (Å²) in [5, 5.41) is 6.26. The molecule has 0 aromatic heterocycles. The number of guanidine groups is 1. The Hall–Kier alpha value is -2.29.